The molecule has 0 saturated heterocycles. The van der Waals surface area contributed by atoms with Gasteiger partial charge >= 0.3 is 0 Å². The molecule has 0 unspecified atom stereocenters. The molecule has 1 aromatic carbocycles. The number of thiophene rings is 1. The second kappa shape index (κ2) is 5.17. The Balaban J connectivity index is 2.29. The maximum Gasteiger partial charge on any atom is 0.0413 e. The summed E-state index contributed by atoms with van der Waals surface area (Å²) in [5.41, 5.74) is 1.37. The number of fused-ring (bicyclic) bond motifs is 1. The van der Waals surface area contributed by atoms with Crippen molar-refractivity contribution in [3.8, 4) is 0 Å². The topological polar surface area (TPSA) is 12.0 Å². The van der Waals surface area contributed by atoms with Crippen LogP contribution in [0.15, 0.2) is 18.2 Å². The normalized spacial score (nSPS) is 11.2. The standard InChI is InChI=1S/C13H16ClNS/c1-3-6-15-8-13-9(2)11-7-10(14)4-5-12(11)16-13/h4-5,7,15H,3,6,8H2,1-2H3. The van der Waals surface area contributed by atoms with Gasteiger partial charge in [0.15, 0.2) is 0 Å². The van der Waals surface area contributed by atoms with E-state index in [-0.39, 0.29) is 0 Å². The number of rotatable bonds is 4. The highest BCUT2D eigenvalue weighted by Crippen LogP contribution is 2.32. The summed E-state index contributed by atoms with van der Waals surface area (Å²) in [6.07, 6.45) is 1.18. The lowest BCUT2D eigenvalue weighted by Gasteiger charge is -2.01. The van der Waals surface area contributed by atoms with Gasteiger partial charge in [-0.05, 0) is 49.0 Å². The summed E-state index contributed by atoms with van der Waals surface area (Å²) in [5, 5.41) is 5.56. The van der Waals surface area contributed by atoms with E-state index in [0.717, 1.165) is 18.1 Å². The first-order chi connectivity index (χ1) is 7.72. The summed E-state index contributed by atoms with van der Waals surface area (Å²) < 4.78 is 1.33. The highest BCUT2D eigenvalue weighted by atomic mass is 35.5. The number of hydrogen-bond acceptors (Lipinski definition) is 2. The summed E-state index contributed by atoms with van der Waals surface area (Å²) in [6, 6.07) is 6.13. The molecule has 2 aromatic rings. The van der Waals surface area contributed by atoms with E-state index in [1.165, 1.54) is 26.9 Å². The van der Waals surface area contributed by atoms with E-state index in [1.54, 1.807) is 0 Å². The van der Waals surface area contributed by atoms with E-state index in [9.17, 15) is 0 Å². The van der Waals surface area contributed by atoms with Crippen molar-refractivity contribution in [1.82, 2.24) is 5.32 Å². The molecule has 0 radical (unpaired) electrons. The lowest BCUT2D eigenvalue weighted by molar-refractivity contribution is 0.680. The molecule has 0 aliphatic rings. The fourth-order valence-electron chi connectivity index (χ4n) is 1.79. The van der Waals surface area contributed by atoms with Crippen molar-refractivity contribution in [3.63, 3.8) is 0 Å². The number of nitrogens with one attached hydrogen (secondary N) is 1. The third-order valence-electron chi connectivity index (χ3n) is 2.71. The van der Waals surface area contributed by atoms with Crippen LogP contribution in [0.3, 0.4) is 0 Å². The van der Waals surface area contributed by atoms with Gasteiger partial charge in [0.1, 0.15) is 0 Å². The third kappa shape index (κ3) is 2.40. The molecule has 0 aliphatic heterocycles. The SMILES string of the molecule is CCCNCc1sc2ccc(Cl)cc2c1C. The molecule has 1 heterocycles. The quantitative estimate of drug-likeness (QED) is 0.799. The molecule has 1 N–H and O–H groups in total. The summed E-state index contributed by atoms with van der Waals surface area (Å²) in [7, 11) is 0. The predicted octanol–water partition coefficient (Wildman–Crippen LogP) is 4.36. The monoisotopic (exact) mass is 253 g/mol. The molecule has 0 atom stereocenters. The van der Waals surface area contributed by atoms with Crippen LogP contribution in [0.25, 0.3) is 10.1 Å². The fraction of sp³-hybridized carbons (Fsp3) is 0.385. The largest absolute Gasteiger partial charge is 0.312 e. The molecule has 0 saturated carbocycles. The molecule has 0 aliphatic carbocycles. The number of halogens is 1. The summed E-state index contributed by atoms with van der Waals surface area (Å²) in [5.74, 6) is 0. The minimum atomic E-state index is 0.821. The fourth-order valence-corrected chi connectivity index (χ4v) is 3.12. The first-order valence-electron chi connectivity index (χ1n) is 5.60. The van der Waals surface area contributed by atoms with Crippen LogP contribution in [-0.4, -0.2) is 6.54 Å². The molecule has 0 fully saturated rings. The van der Waals surface area contributed by atoms with E-state index in [2.05, 4.69) is 31.3 Å². The highest BCUT2D eigenvalue weighted by Gasteiger charge is 2.07. The molecule has 1 nitrogen and oxygen atoms in total. The molecule has 0 bridgehead atoms. The van der Waals surface area contributed by atoms with Crippen molar-refractivity contribution < 1.29 is 0 Å². The highest BCUT2D eigenvalue weighted by molar-refractivity contribution is 7.19. The molecule has 3 heteroatoms. The summed E-state index contributed by atoms with van der Waals surface area (Å²) in [6.45, 7) is 6.41. The lowest BCUT2D eigenvalue weighted by atomic mass is 10.1. The molecule has 86 valence electrons. The van der Waals surface area contributed by atoms with Gasteiger partial charge in [-0.15, -0.1) is 11.3 Å². The number of benzene rings is 1. The van der Waals surface area contributed by atoms with Crippen LogP contribution in [0.4, 0.5) is 0 Å². The first kappa shape index (κ1) is 11.9. The molecule has 1 aromatic heterocycles. The van der Waals surface area contributed by atoms with Crippen LogP contribution in [0.1, 0.15) is 23.8 Å². The Kier molecular flexibility index (Phi) is 3.85. The zero-order valence-corrected chi connectivity index (χ0v) is 11.2. The second-order valence-electron chi connectivity index (χ2n) is 3.97. The van der Waals surface area contributed by atoms with Crippen LogP contribution in [0, 0.1) is 6.92 Å². The Bertz CT molecular complexity index is 490. The Morgan fingerprint density at radius 3 is 2.94 bits per heavy atom. The van der Waals surface area contributed by atoms with Crippen molar-refractivity contribution in [2.75, 3.05) is 6.54 Å². The van der Waals surface area contributed by atoms with Gasteiger partial charge in [0.25, 0.3) is 0 Å². The van der Waals surface area contributed by atoms with Gasteiger partial charge in [0.05, 0.1) is 0 Å². The van der Waals surface area contributed by atoms with Gasteiger partial charge in [-0.3, -0.25) is 0 Å². The maximum atomic E-state index is 6.02. The molecular weight excluding hydrogens is 238 g/mol. The van der Waals surface area contributed by atoms with Gasteiger partial charge in [-0.2, -0.15) is 0 Å². The van der Waals surface area contributed by atoms with Crippen molar-refractivity contribution in [2.24, 2.45) is 0 Å². The average Bonchev–Trinajstić information content (AvgIpc) is 2.57. The van der Waals surface area contributed by atoms with Crippen LogP contribution in [0.5, 0.6) is 0 Å². The molecular formula is C13H16ClNS. The Morgan fingerprint density at radius 1 is 1.38 bits per heavy atom. The van der Waals surface area contributed by atoms with Crippen molar-refractivity contribution in [1.29, 1.82) is 0 Å². The molecule has 0 spiro atoms. The van der Waals surface area contributed by atoms with Gasteiger partial charge in [-0.25, -0.2) is 0 Å². The molecule has 16 heavy (non-hydrogen) atoms. The van der Waals surface area contributed by atoms with E-state index < -0.39 is 0 Å². The van der Waals surface area contributed by atoms with Crippen LogP contribution >= 0.6 is 22.9 Å². The molecule has 2 rings (SSSR count). The first-order valence-corrected chi connectivity index (χ1v) is 6.80. The van der Waals surface area contributed by atoms with Gasteiger partial charge in [-0.1, -0.05) is 18.5 Å². The summed E-state index contributed by atoms with van der Waals surface area (Å²) >= 11 is 7.88. The maximum absolute atomic E-state index is 6.02. The minimum absolute atomic E-state index is 0.821. The van der Waals surface area contributed by atoms with Crippen molar-refractivity contribution in [3.05, 3.63) is 33.7 Å². The van der Waals surface area contributed by atoms with E-state index in [4.69, 9.17) is 11.6 Å². The van der Waals surface area contributed by atoms with Crippen LogP contribution in [0.2, 0.25) is 5.02 Å². The third-order valence-corrected chi connectivity index (χ3v) is 4.22. The Morgan fingerprint density at radius 2 is 2.19 bits per heavy atom. The zero-order chi connectivity index (χ0) is 11.5. The smallest absolute Gasteiger partial charge is 0.0413 e. The average molecular weight is 254 g/mol. The summed E-state index contributed by atoms with van der Waals surface area (Å²) in [4.78, 5) is 1.42. The Labute approximate surface area is 105 Å². The van der Waals surface area contributed by atoms with E-state index >= 15 is 0 Å². The predicted molar refractivity (Wildman–Crippen MR) is 73.6 cm³/mol. The van der Waals surface area contributed by atoms with Crippen LogP contribution in [-0.2, 0) is 6.54 Å². The Hall–Kier alpha value is -0.570. The van der Waals surface area contributed by atoms with Crippen molar-refractivity contribution >= 4 is 33.0 Å². The van der Waals surface area contributed by atoms with E-state index in [1.807, 2.05) is 17.4 Å². The van der Waals surface area contributed by atoms with Gasteiger partial charge in [0, 0.05) is 21.1 Å². The van der Waals surface area contributed by atoms with Crippen LogP contribution < -0.4 is 5.32 Å². The van der Waals surface area contributed by atoms with Gasteiger partial charge < -0.3 is 5.32 Å². The molecule has 0 amide bonds. The van der Waals surface area contributed by atoms with E-state index in [0.29, 0.717) is 0 Å². The number of aryl methyl sites for hydroxylation is 1. The lowest BCUT2D eigenvalue weighted by Crippen LogP contribution is -2.13. The number of hydrogen-bond donors (Lipinski definition) is 1. The van der Waals surface area contributed by atoms with Gasteiger partial charge in [0.2, 0.25) is 0 Å². The minimum Gasteiger partial charge on any atom is -0.312 e. The zero-order valence-electron chi connectivity index (χ0n) is 9.64. The second-order valence-corrected chi connectivity index (χ2v) is 5.54. The van der Waals surface area contributed by atoms with Crippen molar-refractivity contribution in [2.45, 2.75) is 26.8 Å².